The molecule has 0 saturated carbocycles. The largest absolute Gasteiger partial charge is 0.389 e. The highest BCUT2D eigenvalue weighted by Gasteiger charge is 2.06. The van der Waals surface area contributed by atoms with Crippen molar-refractivity contribution in [2.24, 2.45) is 0 Å². The molecule has 0 saturated heterocycles. The summed E-state index contributed by atoms with van der Waals surface area (Å²) < 4.78 is 10.1. The first-order valence-corrected chi connectivity index (χ1v) is 7.02. The number of ether oxygens (including phenoxy) is 1. The lowest BCUT2D eigenvalue weighted by atomic mass is 10.1. The van der Waals surface area contributed by atoms with E-state index in [-0.39, 0.29) is 0 Å². The summed E-state index contributed by atoms with van der Waals surface area (Å²) in [6.45, 7) is 2.20. The van der Waals surface area contributed by atoms with E-state index in [1.165, 1.54) is 0 Å². The lowest BCUT2D eigenvalue weighted by molar-refractivity contribution is 0.156. The second kappa shape index (κ2) is 6.75. The smallest absolute Gasteiger partial charge is 0.162 e. The van der Waals surface area contributed by atoms with Gasteiger partial charge in [-0.25, -0.2) is 0 Å². The first-order valence-electron chi connectivity index (χ1n) is 6.03. The molecular weight excluding hydrogens is 262 g/mol. The van der Waals surface area contributed by atoms with Crippen LogP contribution in [0.4, 0.5) is 0 Å². The normalized spacial score (nSPS) is 12.6. The highest BCUT2D eigenvalue weighted by Crippen LogP contribution is 2.25. The number of aliphatic hydroxyl groups excluding tert-OH is 1. The van der Waals surface area contributed by atoms with Gasteiger partial charge in [-0.3, -0.25) is 0 Å². The predicted molar refractivity (Wildman–Crippen MR) is 73.9 cm³/mol. The average molecular weight is 279 g/mol. The Morgan fingerprint density at radius 2 is 2.26 bits per heavy atom. The van der Waals surface area contributed by atoms with Crippen molar-refractivity contribution in [1.82, 2.24) is 5.16 Å². The molecule has 0 radical (unpaired) electrons. The van der Waals surface area contributed by atoms with Crippen molar-refractivity contribution >= 4 is 11.8 Å². The second-order valence-electron chi connectivity index (χ2n) is 4.25. The third-order valence-corrected chi connectivity index (χ3v) is 3.65. The van der Waals surface area contributed by atoms with Crippen molar-refractivity contribution in [2.75, 3.05) is 7.11 Å². The number of nitrogens with zero attached hydrogens (tertiary/aromatic N) is 1. The van der Waals surface area contributed by atoms with E-state index in [0.29, 0.717) is 6.61 Å². The van der Waals surface area contributed by atoms with Crippen molar-refractivity contribution in [2.45, 2.75) is 30.3 Å². The first-order chi connectivity index (χ1) is 9.19. The Kier molecular flexibility index (Phi) is 5.01. The fourth-order valence-electron chi connectivity index (χ4n) is 1.66. The molecule has 19 heavy (non-hydrogen) atoms. The summed E-state index contributed by atoms with van der Waals surface area (Å²) in [5.41, 5.74) is 1.81. The molecule has 102 valence electrons. The average Bonchev–Trinajstić information content (AvgIpc) is 2.85. The summed E-state index contributed by atoms with van der Waals surface area (Å²) in [5, 5.41) is 13.5. The molecule has 1 heterocycles. The van der Waals surface area contributed by atoms with Crippen LogP contribution in [0.25, 0.3) is 0 Å². The summed E-state index contributed by atoms with van der Waals surface area (Å²) in [6.07, 6.45) is -0.444. The molecule has 0 bridgehead atoms. The molecule has 0 aliphatic heterocycles. The number of thioether (sulfide) groups is 1. The lowest BCUT2D eigenvalue weighted by Crippen LogP contribution is -1.90. The Morgan fingerprint density at radius 1 is 1.42 bits per heavy atom. The zero-order valence-electron chi connectivity index (χ0n) is 11.0. The van der Waals surface area contributed by atoms with Gasteiger partial charge in [0.25, 0.3) is 0 Å². The molecule has 1 N–H and O–H groups in total. The minimum Gasteiger partial charge on any atom is -0.389 e. The Bertz CT molecular complexity index is 525. The van der Waals surface area contributed by atoms with Gasteiger partial charge >= 0.3 is 0 Å². The van der Waals surface area contributed by atoms with Gasteiger partial charge in [-0.1, -0.05) is 17.3 Å². The monoisotopic (exact) mass is 279 g/mol. The van der Waals surface area contributed by atoms with Crippen LogP contribution >= 0.6 is 11.8 Å². The molecule has 0 amide bonds. The standard InChI is InChI=1S/C14H17NO3S/c1-10(16)11-4-3-5-14(6-11)19-9-12-7-13(8-17-2)18-15-12/h3-7,10,16H,8-9H2,1-2H3. The Labute approximate surface area is 116 Å². The molecule has 1 aromatic heterocycles. The van der Waals surface area contributed by atoms with Crippen LogP contribution in [0.5, 0.6) is 0 Å². The van der Waals surface area contributed by atoms with Crippen LogP contribution in [-0.2, 0) is 17.1 Å². The second-order valence-corrected chi connectivity index (χ2v) is 5.30. The molecule has 1 unspecified atom stereocenters. The molecular formula is C14H17NO3S. The van der Waals surface area contributed by atoms with E-state index in [2.05, 4.69) is 5.16 Å². The number of benzene rings is 1. The summed E-state index contributed by atoms with van der Waals surface area (Å²) in [4.78, 5) is 1.11. The summed E-state index contributed by atoms with van der Waals surface area (Å²) >= 11 is 1.66. The van der Waals surface area contributed by atoms with Crippen molar-refractivity contribution in [1.29, 1.82) is 0 Å². The lowest BCUT2D eigenvalue weighted by Gasteiger charge is -2.06. The number of rotatable bonds is 6. The third kappa shape index (κ3) is 4.09. The van der Waals surface area contributed by atoms with Crippen molar-refractivity contribution in [3.8, 4) is 0 Å². The molecule has 2 aromatic rings. The molecule has 5 heteroatoms. The van der Waals surface area contributed by atoms with Crippen LogP contribution in [0.2, 0.25) is 0 Å². The van der Waals surface area contributed by atoms with Gasteiger partial charge in [0, 0.05) is 23.8 Å². The zero-order valence-corrected chi connectivity index (χ0v) is 11.8. The predicted octanol–water partition coefficient (Wildman–Crippen LogP) is 3.17. The minimum absolute atomic E-state index is 0.440. The quantitative estimate of drug-likeness (QED) is 0.823. The van der Waals surface area contributed by atoms with Crippen LogP contribution in [0.15, 0.2) is 39.8 Å². The van der Waals surface area contributed by atoms with Gasteiger partial charge < -0.3 is 14.4 Å². The maximum atomic E-state index is 9.55. The van der Waals surface area contributed by atoms with Gasteiger partial charge in [0.1, 0.15) is 6.61 Å². The van der Waals surface area contributed by atoms with Crippen molar-refractivity contribution < 1.29 is 14.4 Å². The molecule has 0 fully saturated rings. The van der Waals surface area contributed by atoms with E-state index in [1.54, 1.807) is 25.8 Å². The van der Waals surface area contributed by atoms with Crippen LogP contribution in [0.3, 0.4) is 0 Å². The molecule has 0 aliphatic carbocycles. The Morgan fingerprint density at radius 3 is 3.00 bits per heavy atom. The van der Waals surface area contributed by atoms with Crippen LogP contribution in [0, 0.1) is 0 Å². The highest BCUT2D eigenvalue weighted by atomic mass is 32.2. The van der Waals surface area contributed by atoms with Crippen LogP contribution in [-0.4, -0.2) is 17.4 Å². The molecule has 1 aromatic carbocycles. The third-order valence-electron chi connectivity index (χ3n) is 2.62. The van der Waals surface area contributed by atoms with Gasteiger partial charge in [0.2, 0.25) is 0 Å². The van der Waals surface area contributed by atoms with Gasteiger partial charge in [0.15, 0.2) is 5.76 Å². The van der Waals surface area contributed by atoms with E-state index in [0.717, 1.165) is 27.7 Å². The van der Waals surface area contributed by atoms with E-state index >= 15 is 0 Å². The number of hydrogen-bond donors (Lipinski definition) is 1. The van der Waals surface area contributed by atoms with Crippen LogP contribution in [0.1, 0.15) is 30.0 Å². The topological polar surface area (TPSA) is 55.5 Å². The van der Waals surface area contributed by atoms with E-state index in [1.807, 2.05) is 30.3 Å². The molecule has 2 rings (SSSR count). The van der Waals surface area contributed by atoms with Crippen molar-refractivity contribution in [3.05, 3.63) is 47.3 Å². The van der Waals surface area contributed by atoms with E-state index in [4.69, 9.17) is 9.26 Å². The number of methoxy groups -OCH3 is 1. The molecule has 1 atom stereocenters. The Hall–Kier alpha value is -1.30. The van der Waals surface area contributed by atoms with E-state index in [9.17, 15) is 5.11 Å². The number of hydrogen-bond acceptors (Lipinski definition) is 5. The summed E-state index contributed by atoms with van der Waals surface area (Å²) in [5.74, 6) is 1.46. The maximum absolute atomic E-state index is 9.55. The van der Waals surface area contributed by atoms with Gasteiger partial charge in [-0.15, -0.1) is 11.8 Å². The number of aromatic nitrogens is 1. The minimum atomic E-state index is -0.444. The fraction of sp³-hybridized carbons (Fsp3) is 0.357. The molecule has 0 aliphatic rings. The summed E-state index contributed by atoms with van der Waals surface area (Å²) in [6, 6.07) is 9.78. The van der Waals surface area contributed by atoms with Gasteiger partial charge in [-0.05, 0) is 24.6 Å². The maximum Gasteiger partial charge on any atom is 0.162 e. The van der Waals surface area contributed by atoms with Crippen molar-refractivity contribution in [3.63, 3.8) is 0 Å². The van der Waals surface area contributed by atoms with Gasteiger partial charge in [-0.2, -0.15) is 0 Å². The van der Waals surface area contributed by atoms with E-state index < -0.39 is 6.10 Å². The number of aliphatic hydroxyl groups is 1. The summed E-state index contributed by atoms with van der Waals surface area (Å²) in [7, 11) is 1.62. The highest BCUT2D eigenvalue weighted by molar-refractivity contribution is 7.98. The molecule has 4 nitrogen and oxygen atoms in total. The molecule has 0 spiro atoms. The Balaban J connectivity index is 1.95. The van der Waals surface area contributed by atoms with Gasteiger partial charge in [0.05, 0.1) is 11.8 Å². The first kappa shape index (κ1) is 14.1. The zero-order chi connectivity index (χ0) is 13.7. The fourth-order valence-corrected chi connectivity index (χ4v) is 2.50. The van der Waals surface area contributed by atoms with Crippen LogP contribution < -0.4 is 0 Å². The SMILES string of the molecule is COCc1cc(CSc2cccc(C(C)O)c2)no1.